The number of nitrogens with zero attached hydrogens (tertiary/aromatic N) is 2. The Kier molecular flexibility index (Phi) is 5.98. The number of halogens is 1. The van der Waals surface area contributed by atoms with E-state index < -0.39 is 5.72 Å². The molecule has 0 saturated heterocycles. The molecule has 1 heterocycles. The highest BCUT2D eigenvalue weighted by Gasteiger charge is 2.44. The van der Waals surface area contributed by atoms with Crippen LogP contribution in [0.3, 0.4) is 0 Å². The molecule has 1 unspecified atom stereocenters. The van der Waals surface area contributed by atoms with Crippen molar-refractivity contribution in [3.8, 4) is 17.0 Å². The van der Waals surface area contributed by atoms with Gasteiger partial charge in [-0.05, 0) is 43.5 Å². The van der Waals surface area contributed by atoms with Crippen LogP contribution in [0.15, 0.2) is 46.9 Å². The molecule has 1 aliphatic carbocycles. The Morgan fingerprint density at radius 1 is 1.14 bits per heavy atom. The molecule has 4 rings (SSSR count). The molecule has 154 valence electrons. The second-order valence-corrected chi connectivity index (χ2v) is 9.22. The number of hydrogen-bond acceptors (Lipinski definition) is 3. The van der Waals surface area contributed by atoms with E-state index in [0.717, 1.165) is 45.2 Å². The summed E-state index contributed by atoms with van der Waals surface area (Å²) in [5.41, 5.74) is 9.37. The van der Waals surface area contributed by atoms with Gasteiger partial charge in [0.25, 0.3) is 0 Å². The minimum absolute atomic E-state index is 0.477. The van der Waals surface area contributed by atoms with Gasteiger partial charge in [0, 0.05) is 40.9 Å². The average molecular weight is 456 g/mol. The van der Waals surface area contributed by atoms with Crippen molar-refractivity contribution in [3.05, 3.63) is 46.9 Å². The maximum Gasteiger partial charge on any atom is 0.161 e. The Morgan fingerprint density at radius 2 is 1.90 bits per heavy atom. The zero-order valence-electron chi connectivity index (χ0n) is 17.3. The first kappa shape index (κ1) is 20.4. The summed E-state index contributed by atoms with van der Waals surface area (Å²) in [5, 5.41) is 5.88. The largest absolute Gasteiger partial charge is 0.473 e. The van der Waals surface area contributed by atoms with Crippen molar-refractivity contribution in [2.24, 2.45) is 18.7 Å². The number of rotatable bonds is 9. The number of hydrogen-bond donors (Lipinski definition) is 1. The second-order valence-electron chi connectivity index (χ2n) is 8.30. The maximum atomic E-state index is 6.76. The molecule has 1 aliphatic rings. The summed E-state index contributed by atoms with van der Waals surface area (Å²) in [5.74, 6) is 1.32. The van der Waals surface area contributed by atoms with Gasteiger partial charge in [-0.2, -0.15) is 5.10 Å². The Bertz CT molecular complexity index is 978. The fraction of sp³-hybridized carbons (Fsp3) is 0.458. The molecule has 29 heavy (non-hydrogen) atoms. The molecule has 3 aromatic rings. The summed E-state index contributed by atoms with van der Waals surface area (Å²) in [6.07, 6.45) is 8.12. The van der Waals surface area contributed by atoms with Crippen LogP contribution in [-0.4, -0.2) is 15.5 Å². The van der Waals surface area contributed by atoms with E-state index in [1.807, 2.05) is 29.9 Å². The molecule has 1 fully saturated rings. The number of aryl methyl sites for hydroxylation is 1. The third-order valence-electron chi connectivity index (χ3n) is 5.94. The predicted molar refractivity (Wildman–Crippen MR) is 123 cm³/mol. The monoisotopic (exact) mass is 455 g/mol. The lowest BCUT2D eigenvalue weighted by molar-refractivity contribution is 0.0402. The molecule has 0 spiro atoms. The van der Waals surface area contributed by atoms with Crippen molar-refractivity contribution >= 4 is 26.8 Å². The lowest BCUT2D eigenvalue weighted by Crippen LogP contribution is -2.48. The van der Waals surface area contributed by atoms with Crippen molar-refractivity contribution in [2.75, 3.05) is 0 Å². The van der Waals surface area contributed by atoms with Crippen LogP contribution in [0, 0.1) is 5.92 Å². The predicted octanol–water partition coefficient (Wildman–Crippen LogP) is 6.42. The van der Waals surface area contributed by atoms with E-state index in [1.165, 1.54) is 32.1 Å². The summed E-state index contributed by atoms with van der Waals surface area (Å²) >= 11 is 3.50. The van der Waals surface area contributed by atoms with Gasteiger partial charge in [-0.1, -0.05) is 54.2 Å². The number of ether oxygens (including phenoxy) is 1. The number of benzene rings is 2. The van der Waals surface area contributed by atoms with Crippen LogP contribution in [0.25, 0.3) is 22.2 Å². The van der Waals surface area contributed by atoms with Gasteiger partial charge in [0.2, 0.25) is 0 Å². The zero-order valence-corrected chi connectivity index (χ0v) is 18.9. The highest BCUT2D eigenvalue weighted by molar-refractivity contribution is 9.10. The van der Waals surface area contributed by atoms with Gasteiger partial charge in [0.15, 0.2) is 5.72 Å². The normalized spacial score (nSPS) is 16.1. The minimum Gasteiger partial charge on any atom is -0.473 e. The van der Waals surface area contributed by atoms with Crippen LogP contribution < -0.4 is 10.5 Å². The van der Waals surface area contributed by atoms with Crippen LogP contribution in [0.4, 0.5) is 0 Å². The molecule has 2 N–H and O–H groups in total. The third kappa shape index (κ3) is 4.51. The van der Waals surface area contributed by atoms with E-state index in [0.29, 0.717) is 5.92 Å². The first-order valence-corrected chi connectivity index (χ1v) is 11.5. The fourth-order valence-corrected chi connectivity index (χ4v) is 4.34. The van der Waals surface area contributed by atoms with Crippen LogP contribution in [-0.2, 0) is 7.05 Å². The standard InChI is InChI=1S/C24H30BrN3O/c1-3-4-5-6-15-24(26,18-9-10-18)29-20-13-14-21-22(16-20)28(2)27-23(21)17-7-11-19(25)12-8-17/h7-8,11-14,16,18H,3-6,9-10,15,26H2,1-2H3. The highest BCUT2D eigenvalue weighted by atomic mass is 79.9. The molecule has 1 atom stereocenters. The van der Waals surface area contributed by atoms with Crippen molar-refractivity contribution in [1.29, 1.82) is 0 Å². The van der Waals surface area contributed by atoms with E-state index in [9.17, 15) is 0 Å². The summed E-state index contributed by atoms with van der Waals surface area (Å²) < 4.78 is 9.42. The SMILES string of the molecule is CCCCCCC(N)(Oc1ccc2c(-c3ccc(Br)cc3)nn(C)c2c1)C1CC1. The third-order valence-corrected chi connectivity index (χ3v) is 6.47. The van der Waals surface area contributed by atoms with E-state index in [4.69, 9.17) is 15.6 Å². The van der Waals surface area contributed by atoms with Crippen LogP contribution in [0.5, 0.6) is 5.75 Å². The molecule has 0 radical (unpaired) electrons. The Labute approximate surface area is 181 Å². The molecule has 4 nitrogen and oxygen atoms in total. The first-order valence-electron chi connectivity index (χ1n) is 10.7. The van der Waals surface area contributed by atoms with Crippen LogP contribution >= 0.6 is 15.9 Å². The van der Waals surface area contributed by atoms with Crippen LogP contribution in [0.2, 0.25) is 0 Å². The smallest absolute Gasteiger partial charge is 0.161 e. The fourth-order valence-electron chi connectivity index (χ4n) is 4.08. The average Bonchev–Trinajstić information content (AvgIpc) is 3.52. The van der Waals surface area contributed by atoms with Crippen molar-refractivity contribution in [2.45, 2.75) is 57.6 Å². The first-order chi connectivity index (χ1) is 14.0. The summed E-state index contributed by atoms with van der Waals surface area (Å²) in [6.45, 7) is 2.23. The lowest BCUT2D eigenvalue weighted by Gasteiger charge is -2.31. The van der Waals surface area contributed by atoms with E-state index in [2.05, 4.69) is 47.1 Å². The Balaban J connectivity index is 1.58. The lowest BCUT2D eigenvalue weighted by atomic mass is 10.00. The molecular formula is C24H30BrN3O. The van der Waals surface area contributed by atoms with Crippen molar-refractivity contribution in [3.63, 3.8) is 0 Å². The van der Waals surface area contributed by atoms with E-state index in [1.54, 1.807) is 0 Å². The zero-order chi connectivity index (χ0) is 20.4. The number of nitrogens with two attached hydrogens (primary N) is 1. The number of fused-ring (bicyclic) bond motifs is 1. The van der Waals surface area contributed by atoms with Gasteiger partial charge in [0.05, 0.1) is 5.52 Å². The minimum atomic E-state index is -0.547. The summed E-state index contributed by atoms with van der Waals surface area (Å²) in [4.78, 5) is 0. The summed E-state index contributed by atoms with van der Waals surface area (Å²) in [7, 11) is 1.98. The maximum absolute atomic E-state index is 6.76. The van der Waals surface area contributed by atoms with Gasteiger partial charge in [-0.3, -0.25) is 10.4 Å². The molecule has 2 aromatic carbocycles. The molecule has 0 amide bonds. The summed E-state index contributed by atoms with van der Waals surface area (Å²) in [6, 6.07) is 14.5. The Hall–Kier alpha value is -1.85. The molecule has 0 bridgehead atoms. The quantitative estimate of drug-likeness (QED) is 0.299. The Morgan fingerprint density at radius 3 is 2.59 bits per heavy atom. The highest BCUT2D eigenvalue weighted by Crippen LogP contribution is 2.42. The van der Waals surface area contributed by atoms with E-state index >= 15 is 0 Å². The van der Waals surface area contributed by atoms with Gasteiger partial charge >= 0.3 is 0 Å². The van der Waals surface area contributed by atoms with Crippen LogP contribution in [0.1, 0.15) is 51.9 Å². The molecular weight excluding hydrogens is 426 g/mol. The topological polar surface area (TPSA) is 53.1 Å². The molecule has 1 aromatic heterocycles. The molecule has 0 aliphatic heterocycles. The van der Waals surface area contributed by atoms with Gasteiger partial charge in [0.1, 0.15) is 11.4 Å². The number of unbranched alkanes of at least 4 members (excludes halogenated alkanes) is 3. The molecule has 5 heteroatoms. The van der Waals surface area contributed by atoms with Crippen molar-refractivity contribution < 1.29 is 4.74 Å². The van der Waals surface area contributed by atoms with Crippen molar-refractivity contribution in [1.82, 2.24) is 9.78 Å². The van der Waals surface area contributed by atoms with E-state index in [-0.39, 0.29) is 0 Å². The number of aromatic nitrogens is 2. The molecule has 1 saturated carbocycles. The van der Waals surface area contributed by atoms with Gasteiger partial charge < -0.3 is 4.74 Å². The van der Waals surface area contributed by atoms with Gasteiger partial charge in [-0.15, -0.1) is 0 Å². The second kappa shape index (κ2) is 8.49. The van der Waals surface area contributed by atoms with Gasteiger partial charge in [-0.25, -0.2) is 0 Å².